The predicted molar refractivity (Wildman–Crippen MR) is 113 cm³/mol. The van der Waals surface area contributed by atoms with Crippen LogP contribution in [-0.4, -0.2) is 27.6 Å². The number of aromatic nitrogens is 2. The third-order valence-electron chi connectivity index (χ3n) is 3.53. The Hall–Kier alpha value is -2.23. The van der Waals surface area contributed by atoms with Gasteiger partial charge in [-0.05, 0) is 30.2 Å². The van der Waals surface area contributed by atoms with E-state index in [4.69, 9.17) is 0 Å². The zero-order valence-electron chi connectivity index (χ0n) is 15.0. The normalized spacial score (nSPS) is 11.4. The summed E-state index contributed by atoms with van der Waals surface area (Å²) >= 11 is 4.41. The Morgan fingerprint density at radius 1 is 1.07 bits per heavy atom. The molecule has 9 heteroatoms. The molecule has 28 heavy (non-hydrogen) atoms. The molecule has 0 aliphatic rings. The number of nitrogens with zero attached hydrogens (tertiary/aromatic N) is 3. The van der Waals surface area contributed by atoms with Gasteiger partial charge in [0.25, 0.3) is 5.91 Å². The maximum atomic E-state index is 12.9. The van der Waals surface area contributed by atoms with E-state index in [1.165, 1.54) is 40.8 Å². The minimum atomic E-state index is -0.310. The van der Waals surface area contributed by atoms with Crippen LogP contribution in [0.15, 0.2) is 68.4 Å². The van der Waals surface area contributed by atoms with E-state index in [1.54, 1.807) is 30.8 Å². The standard InChI is InChI=1S/C19H17FN4OS3/c1-13(15-7-9-16(20)10-8-15)21-22-17(25)12-27-19-24-23-18(28-19)26-11-14-5-3-2-4-6-14/h2-10H,11-12H2,1H3,(H,22,25)/b21-13-. The molecule has 0 saturated carbocycles. The lowest BCUT2D eigenvalue weighted by atomic mass is 10.1. The molecule has 1 aromatic heterocycles. The SMILES string of the molecule is C/C(=N/NC(=O)CSc1nnc(SCc2ccccc2)s1)c1ccc(F)cc1. The number of carbonyl (C=O) groups excluding carboxylic acids is 1. The molecule has 3 rings (SSSR count). The smallest absolute Gasteiger partial charge is 0.250 e. The number of thioether (sulfide) groups is 2. The van der Waals surface area contributed by atoms with Crippen LogP contribution in [0.3, 0.4) is 0 Å². The number of halogens is 1. The lowest BCUT2D eigenvalue weighted by molar-refractivity contribution is -0.118. The topological polar surface area (TPSA) is 67.2 Å². The Morgan fingerprint density at radius 2 is 1.75 bits per heavy atom. The summed E-state index contributed by atoms with van der Waals surface area (Å²) in [6.45, 7) is 1.75. The van der Waals surface area contributed by atoms with Crippen LogP contribution >= 0.6 is 34.9 Å². The summed E-state index contributed by atoms with van der Waals surface area (Å²) in [5.74, 6) is 0.478. The fraction of sp³-hybridized carbons (Fsp3) is 0.158. The van der Waals surface area contributed by atoms with Crippen molar-refractivity contribution in [1.29, 1.82) is 0 Å². The Labute approximate surface area is 174 Å². The average Bonchev–Trinajstić information content (AvgIpc) is 3.18. The van der Waals surface area contributed by atoms with E-state index >= 15 is 0 Å². The van der Waals surface area contributed by atoms with Crippen molar-refractivity contribution in [2.45, 2.75) is 21.4 Å². The van der Waals surface area contributed by atoms with Crippen molar-refractivity contribution in [3.05, 3.63) is 71.5 Å². The fourth-order valence-electron chi connectivity index (χ4n) is 2.09. The second-order valence-electron chi connectivity index (χ2n) is 5.64. The van der Waals surface area contributed by atoms with Crippen molar-refractivity contribution in [3.63, 3.8) is 0 Å². The lowest BCUT2D eigenvalue weighted by Gasteiger charge is -2.02. The number of hydrazone groups is 1. The van der Waals surface area contributed by atoms with Crippen molar-refractivity contribution < 1.29 is 9.18 Å². The Morgan fingerprint density at radius 3 is 2.46 bits per heavy atom. The van der Waals surface area contributed by atoms with Crippen LogP contribution in [0, 0.1) is 5.82 Å². The number of nitrogens with one attached hydrogen (secondary N) is 1. The summed E-state index contributed by atoms with van der Waals surface area (Å²) in [7, 11) is 0. The second-order valence-corrected chi connectivity index (χ2v) is 9.06. The maximum Gasteiger partial charge on any atom is 0.250 e. The van der Waals surface area contributed by atoms with Gasteiger partial charge in [0.05, 0.1) is 11.5 Å². The second kappa shape index (κ2) is 10.4. The van der Waals surface area contributed by atoms with Gasteiger partial charge in [-0.25, -0.2) is 9.82 Å². The molecule has 2 aromatic carbocycles. The molecule has 0 spiro atoms. The minimum Gasteiger partial charge on any atom is -0.272 e. The van der Waals surface area contributed by atoms with Crippen molar-refractivity contribution >= 4 is 46.5 Å². The summed E-state index contributed by atoms with van der Waals surface area (Å²) in [5.41, 5.74) is 5.09. The highest BCUT2D eigenvalue weighted by atomic mass is 32.2. The van der Waals surface area contributed by atoms with Crippen LogP contribution in [0.25, 0.3) is 0 Å². The Balaban J connectivity index is 1.44. The first-order valence-corrected chi connectivity index (χ1v) is 11.1. The molecule has 3 aromatic rings. The van der Waals surface area contributed by atoms with Crippen LogP contribution < -0.4 is 5.43 Å². The van der Waals surface area contributed by atoms with E-state index in [1.807, 2.05) is 18.2 Å². The molecule has 1 amide bonds. The van der Waals surface area contributed by atoms with Gasteiger partial charge in [-0.2, -0.15) is 5.10 Å². The van der Waals surface area contributed by atoms with Gasteiger partial charge < -0.3 is 0 Å². The molecule has 0 fully saturated rings. The molecule has 5 nitrogen and oxygen atoms in total. The number of rotatable bonds is 8. The summed E-state index contributed by atoms with van der Waals surface area (Å²) in [6.07, 6.45) is 0. The van der Waals surface area contributed by atoms with E-state index in [2.05, 4.69) is 32.9 Å². The molecule has 0 aliphatic carbocycles. The van der Waals surface area contributed by atoms with Gasteiger partial charge in [0, 0.05) is 5.75 Å². The molecule has 1 N–H and O–H groups in total. The van der Waals surface area contributed by atoms with Gasteiger partial charge in [-0.3, -0.25) is 4.79 Å². The molecule has 144 valence electrons. The third kappa shape index (κ3) is 6.43. The van der Waals surface area contributed by atoms with Crippen molar-refractivity contribution in [2.24, 2.45) is 5.10 Å². The highest BCUT2D eigenvalue weighted by Gasteiger charge is 2.09. The number of benzene rings is 2. The number of amides is 1. The van der Waals surface area contributed by atoms with E-state index in [9.17, 15) is 9.18 Å². The highest BCUT2D eigenvalue weighted by molar-refractivity contribution is 8.03. The van der Waals surface area contributed by atoms with Crippen molar-refractivity contribution in [3.8, 4) is 0 Å². The van der Waals surface area contributed by atoms with Crippen LogP contribution in [0.5, 0.6) is 0 Å². The lowest BCUT2D eigenvalue weighted by Crippen LogP contribution is -2.21. The summed E-state index contributed by atoms with van der Waals surface area (Å²) < 4.78 is 14.6. The van der Waals surface area contributed by atoms with E-state index < -0.39 is 0 Å². The van der Waals surface area contributed by atoms with Gasteiger partial charge in [0.1, 0.15) is 5.82 Å². The van der Waals surface area contributed by atoms with Crippen molar-refractivity contribution in [1.82, 2.24) is 15.6 Å². The van der Waals surface area contributed by atoms with Crippen LogP contribution in [0.2, 0.25) is 0 Å². The van der Waals surface area contributed by atoms with Gasteiger partial charge in [0.2, 0.25) is 0 Å². The van der Waals surface area contributed by atoms with Crippen LogP contribution in [0.1, 0.15) is 18.1 Å². The maximum absolute atomic E-state index is 12.9. The molecule has 1 heterocycles. The summed E-state index contributed by atoms with van der Waals surface area (Å²) in [6, 6.07) is 16.1. The van der Waals surface area contributed by atoms with E-state index in [0.29, 0.717) is 5.71 Å². The van der Waals surface area contributed by atoms with Gasteiger partial charge in [-0.1, -0.05) is 77.3 Å². The number of hydrogen-bond acceptors (Lipinski definition) is 7. The quantitative estimate of drug-likeness (QED) is 0.320. The fourth-order valence-corrected chi connectivity index (χ4v) is 4.86. The monoisotopic (exact) mass is 432 g/mol. The first-order valence-electron chi connectivity index (χ1n) is 8.32. The molecule has 0 radical (unpaired) electrons. The van der Waals surface area contributed by atoms with Crippen LogP contribution in [0.4, 0.5) is 4.39 Å². The summed E-state index contributed by atoms with van der Waals surface area (Å²) in [4.78, 5) is 12.0. The number of carbonyl (C=O) groups is 1. The molecule has 0 atom stereocenters. The van der Waals surface area contributed by atoms with Gasteiger partial charge in [-0.15, -0.1) is 10.2 Å². The molecule has 0 bridgehead atoms. The highest BCUT2D eigenvalue weighted by Crippen LogP contribution is 2.30. The van der Waals surface area contributed by atoms with E-state index in [-0.39, 0.29) is 17.5 Å². The molecule has 0 unspecified atom stereocenters. The Bertz CT molecular complexity index is 945. The van der Waals surface area contributed by atoms with Crippen molar-refractivity contribution in [2.75, 3.05) is 5.75 Å². The zero-order chi connectivity index (χ0) is 19.8. The molecule has 0 aliphatic heterocycles. The van der Waals surface area contributed by atoms with Gasteiger partial charge in [0.15, 0.2) is 8.68 Å². The van der Waals surface area contributed by atoms with Crippen LogP contribution in [-0.2, 0) is 10.5 Å². The predicted octanol–water partition coefficient (Wildman–Crippen LogP) is 4.60. The van der Waals surface area contributed by atoms with E-state index in [0.717, 1.165) is 20.0 Å². The summed E-state index contributed by atoms with van der Waals surface area (Å²) in [5, 5.41) is 12.3. The average molecular weight is 433 g/mol. The first kappa shape index (κ1) is 20.5. The molecular formula is C19H17FN4OS3. The largest absolute Gasteiger partial charge is 0.272 e. The third-order valence-corrected chi connectivity index (χ3v) is 6.79. The molecular weight excluding hydrogens is 415 g/mol. The Kier molecular flexibility index (Phi) is 7.58. The minimum absolute atomic E-state index is 0.193. The first-order chi connectivity index (χ1) is 13.6. The van der Waals surface area contributed by atoms with Gasteiger partial charge >= 0.3 is 0 Å². The zero-order valence-corrected chi connectivity index (χ0v) is 17.4. The molecule has 0 saturated heterocycles. The number of hydrogen-bond donors (Lipinski definition) is 1.